The molecular formula is C18H12N4O5S2. The Hall–Kier alpha value is -3.31. The second-order valence-electron chi connectivity index (χ2n) is 5.79. The Balaban J connectivity index is 1.58. The van der Waals surface area contributed by atoms with Crippen molar-refractivity contribution in [2.24, 2.45) is 0 Å². The van der Waals surface area contributed by atoms with Gasteiger partial charge in [0.1, 0.15) is 11.5 Å². The van der Waals surface area contributed by atoms with Crippen LogP contribution in [-0.4, -0.2) is 32.7 Å². The Morgan fingerprint density at radius 2 is 1.76 bits per heavy atom. The number of nitro groups is 1. The summed E-state index contributed by atoms with van der Waals surface area (Å²) >= 11 is 2.66. The number of fused-ring (bicyclic) bond motifs is 1. The van der Waals surface area contributed by atoms with Gasteiger partial charge < -0.3 is 4.74 Å². The third-order valence-electron chi connectivity index (χ3n) is 4.00. The summed E-state index contributed by atoms with van der Waals surface area (Å²) in [7, 11) is 0. The molecule has 2 amide bonds. The topological polar surface area (TPSA) is 116 Å². The lowest BCUT2D eigenvalue weighted by molar-refractivity contribution is -0.384. The van der Waals surface area contributed by atoms with Gasteiger partial charge in [-0.25, -0.2) is 4.90 Å². The van der Waals surface area contributed by atoms with E-state index in [9.17, 15) is 19.7 Å². The zero-order valence-electron chi connectivity index (χ0n) is 14.9. The maximum Gasteiger partial charge on any atom is 0.269 e. The first-order valence-electron chi connectivity index (χ1n) is 8.39. The number of imide groups is 1. The van der Waals surface area contributed by atoms with E-state index in [-0.39, 0.29) is 21.9 Å². The molecule has 3 aromatic rings. The zero-order valence-corrected chi connectivity index (χ0v) is 16.5. The summed E-state index contributed by atoms with van der Waals surface area (Å²) < 4.78 is 6.35. The second-order valence-corrected chi connectivity index (χ2v) is 8.26. The Labute approximate surface area is 172 Å². The molecule has 2 heterocycles. The van der Waals surface area contributed by atoms with Crippen LogP contribution in [0.2, 0.25) is 0 Å². The van der Waals surface area contributed by atoms with Gasteiger partial charge in [-0.05, 0) is 36.1 Å². The summed E-state index contributed by atoms with van der Waals surface area (Å²) in [5, 5.41) is 18.9. The van der Waals surface area contributed by atoms with Crippen molar-refractivity contribution in [1.29, 1.82) is 0 Å². The van der Waals surface area contributed by atoms with Crippen LogP contribution >= 0.6 is 23.1 Å². The van der Waals surface area contributed by atoms with E-state index in [1.165, 1.54) is 59.5 Å². The van der Waals surface area contributed by atoms with Crippen molar-refractivity contribution in [1.82, 2.24) is 10.2 Å². The number of benzene rings is 2. The van der Waals surface area contributed by atoms with Crippen LogP contribution < -0.4 is 9.64 Å². The zero-order chi connectivity index (χ0) is 20.5. The number of rotatable bonds is 6. The summed E-state index contributed by atoms with van der Waals surface area (Å²) in [6.07, 6.45) is 0. The fourth-order valence-electron chi connectivity index (χ4n) is 2.70. The molecule has 0 aliphatic carbocycles. The van der Waals surface area contributed by atoms with Crippen LogP contribution in [0, 0.1) is 10.1 Å². The molecule has 0 atom stereocenters. The maximum atomic E-state index is 12.8. The summed E-state index contributed by atoms with van der Waals surface area (Å²) in [6.45, 7) is 1.97. The molecule has 29 heavy (non-hydrogen) atoms. The molecule has 4 rings (SSSR count). The van der Waals surface area contributed by atoms with Crippen LogP contribution in [0.4, 0.5) is 10.8 Å². The lowest BCUT2D eigenvalue weighted by Gasteiger charge is -2.07. The number of thioether (sulfide) groups is 1. The maximum absolute atomic E-state index is 12.8. The van der Waals surface area contributed by atoms with Crippen LogP contribution in [0.25, 0.3) is 0 Å². The van der Waals surface area contributed by atoms with Gasteiger partial charge >= 0.3 is 0 Å². The molecular weight excluding hydrogens is 416 g/mol. The van der Waals surface area contributed by atoms with E-state index in [1.54, 1.807) is 6.07 Å². The van der Waals surface area contributed by atoms with Crippen molar-refractivity contribution in [3.63, 3.8) is 0 Å². The largest absolute Gasteiger partial charge is 0.457 e. The number of non-ortho nitro benzene ring substituents is 1. The smallest absolute Gasteiger partial charge is 0.269 e. The number of nitrogens with zero attached hydrogens (tertiary/aromatic N) is 4. The van der Waals surface area contributed by atoms with E-state index in [0.717, 1.165) is 10.7 Å². The van der Waals surface area contributed by atoms with Crippen LogP contribution in [0.1, 0.15) is 27.6 Å². The molecule has 2 aromatic carbocycles. The first-order valence-corrected chi connectivity index (χ1v) is 10.2. The Morgan fingerprint density at radius 1 is 1.07 bits per heavy atom. The third-order valence-corrected chi connectivity index (χ3v) is 5.92. The van der Waals surface area contributed by atoms with Crippen molar-refractivity contribution >= 4 is 45.7 Å². The minimum Gasteiger partial charge on any atom is -0.457 e. The molecule has 0 radical (unpaired) electrons. The lowest BCUT2D eigenvalue weighted by atomic mass is 10.1. The number of hydrogen-bond donors (Lipinski definition) is 0. The highest BCUT2D eigenvalue weighted by atomic mass is 32.2. The second kappa shape index (κ2) is 7.60. The number of carbonyl (C=O) groups excluding carboxylic acids is 2. The fourth-order valence-corrected chi connectivity index (χ4v) is 4.44. The lowest BCUT2D eigenvalue weighted by Crippen LogP contribution is -2.29. The first-order chi connectivity index (χ1) is 14.0. The monoisotopic (exact) mass is 428 g/mol. The molecule has 1 aliphatic rings. The molecule has 1 aromatic heterocycles. The summed E-state index contributed by atoms with van der Waals surface area (Å²) in [5.41, 5.74) is 0.403. The molecule has 0 spiro atoms. The Morgan fingerprint density at radius 3 is 2.45 bits per heavy atom. The van der Waals surface area contributed by atoms with Gasteiger partial charge in [0.15, 0.2) is 4.34 Å². The molecule has 1 aliphatic heterocycles. The van der Waals surface area contributed by atoms with E-state index in [0.29, 0.717) is 15.8 Å². The van der Waals surface area contributed by atoms with Crippen molar-refractivity contribution in [3.8, 4) is 11.5 Å². The summed E-state index contributed by atoms with van der Waals surface area (Å²) in [5.74, 6) is 0.550. The third kappa shape index (κ3) is 3.57. The van der Waals surface area contributed by atoms with Crippen molar-refractivity contribution in [3.05, 3.63) is 63.7 Å². The molecule has 146 valence electrons. The molecule has 0 saturated heterocycles. The van der Waals surface area contributed by atoms with Gasteiger partial charge in [0.05, 0.1) is 16.1 Å². The average molecular weight is 428 g/mol. The van der Waals surface area contributed by atoms with Gasteiger partial charge in [0, 0.05) is 12.1 Å². The molecule has 0 saturated carbocycles. The van der Waals surface area contributed by atoms with E-state index in [4.69, 9.17) is 4.74 Å². The van der Waals surface area contributed by atoms with Crippen LogP contribution in [0.3, 0.4) is 0 Å². The highest BCUT2D eigenvalue weighted by molar-refractivity contribution is 8.01. The normalized spacial score (nSPS) is 12.9. The first kappa shape index (κ1) is 19.0. The van der Waals surface area contributed by atoms with Crippen molar-refractivity contribution in [2.75, 3.05) is 10.7 Å². The molecule has 11 heteroatoms. The quantitative estimate of drug-likeness (QED) is 0.189. The number of carbonyl (C=O) groups is 2. The molecule has 0 N–H and O–H groups in total. The number of anilines is 1. The molecule has 9 nitrogen and oxygen atoms in total. The standard InChI is InChI=1S/C18H12N4O5S2/c1-2-28-18-20-19-17(29-18)21-15(23)13-8-7-12(9-14(13)16(21)24)27-11-5-3-10(4-6-11)22(25)26/h3-9H,2H2,1H3. The van der Waals surface area contributed by atoms with Crippen LogP contribution in [0.15, 0.2) is 46.8 Å². The van der Waals surface area contributed by atoms with Crippen LogP contribution in [-0.2, 0) is 0 Å². The molecule has 0 bridgehead atoms. The van der Waals surface area contributed by atoms with Gasteiger partial charge in [0.25, 0.3) is 17.5 Å². The van der Waals surface area contributed by atoms with Crippen molar-refractivity contribution < 1.29 is 19.2 Å². The van der Waals surface area contributed by atoms with E-state index < -0.39 is 16.7 Å². The van der Waals surface area contributed by atoms with Crippen molar-refractivity contribution in [2.45, 2.75) is 11.3 Å². The predicted molar refractivity (Wildman–Crippen MR) is 107 cm³/mol. The Bertz CT molecular complexity index is 1130. The van der Waals surface area contributed by atoms with Gasteiger partial charge in [-0.1, -0.05) is 30.0 Å². The number of nitro benzene ring substituents is 1. The van der Waals surface area contributed by atoms with E-state index in [2.05, 4.69) is 10.2 Å². The summed E-state index contributed by atoms with van der Waals surface area (Å²) in [4.78, 5) is 36.7. The highest BCUT2D eigenvalue weighted by Crippen LogP contribution is 2.35. The molecule has 0 fully saturated rings. The average Bonchev–Trinajstić information content (AvgIpc) is 3.25. The fraction of sp³-hybridized carbons (Fsp3) is 0.111. The van der Waals surface area contributed by atoms with E-state index in [1.807, 2.05) is 6.92 Å². The number of aromatic nitrogens is 2. The van der Waals surface area contributed by atoms with Gasteiger partial charge in [0.2, 0.25) is 5.13 Å². The minimum absolute atomic E-state index is 0.0552. The number of amides is 2. The number of hydrogen-bond acceptors (Lipinski definition) is 9. The predicted octanol–water partition coefficient (Wildman–Crippen LogP) is 4.15. The number of ether oxygens (including phenoxy) is 1. The highest BCUT2D eigenvalue weighted by Gasteiger charge is 2.39. The minimum atomic E-state index is -0.504. The van der Waals surface area contributed by atoms with Gasteiger partial charge in [-0.2, -0.15) is 0 Å². The van der Waals surface area contributed by atoms with E-state index >= 15 is 0 Å². The SMILES string of the molecule is CCSc1nnc(N2C(=O)c3ccc(Oc4ccc([N+](=O)[O-])cc4)cc3C2=O)s1. The van der Waals surface area contributed by atoms with Gasteiger partial charge in [-0.3, -0.25) is 19.7 Å². The summed E-state index contributed by atoms with van der Waals surface area (Å²) in [6, 6.07) is 10.1. The Kier molecular flexibility index (Phi) is 4.99. The van der Waals surface area contributed by atoms with Crippen LogP contribution in [0.5, 0.6) is 11.5 Å². The molecule has 0 unspecified atom stereocenters. The van der Waals surface area contributed by atoms with Gasteiger partial charge in [-0.15, -0.1) is 10.2 Å².